The second-order valence-corrected chi connectivity index (χ2v) is 6.49. The van der Waals surface area contributed by atoms with E-state index in [1.165, 1.54) is 42.3 Å². The highest BCUT2D eigenvalue weighted by molar-refractivity contribution is 5.81. The maximum absolute atomic E-state index is 4.76. The number of likely N-dealkylation sites (N-methyl/N-ethyl adjacent to an activating group) is 1. The summed E-state index contributed by atoms with van der Waals surface area (Å²) in [4.78, 5) is 0. The summed E-state index contributed by atoms with van der Waals surface area (Å²) in [6.45, 7) is 2.44. The van der Waals surface area contributed by atoms with Crippen molar-refractivity contribution in [1.29, 1.82) is 0 Å². The number of para-hydroxylation sites is 1. The average molecular weight is 271 g/mol. The zero-order valence-electron chi connectivity index (χ0n) is 12.8. The first-order valence-electron chi connectivity index (χ1n) is 7.72. The highest BCUT2D eigenvalue weighted by Gasteiger charge is 2.36. The first kappa shape index (κ1) is 13.6. The van der Waals surface area contributed by atoms with Crippen LogP contribution in [0.2, 0.25) is 0 Å². The number of fused-ring (bicyclic) bond motifs is 1. The lowest BCUT2D eigenvalue weighted by atomic mass is 9.78. The topological polar surface area (TPSA) is 29.9 Å². The predicted octanol–water partition coefficient (Wildman–Crippen LogP) is 3.28. The Labute approximate surface area is 121 Å². The molecule has 0 amide bonds. The maximum Gasteiger partial charge on any atom is 0.0718 e. The van der Waals surface area contributed by atoms with Crippen molar-refractivity contribution in [2.45, 2.75) is 45.1 Å². The monoisotopic (exact) mass is 271 g/mol. The summed E-state index contributed by atoms with van der Waals surface area (Å²) in [5, 5.41) is 9.62. The van der Waals surface area contributed by atoms with Gasteiger partial charge in [-0.05, 0) is 31.4 Å². The zero-order valence-corrected chi connectivity index (χ0v) is 12.8. The lowest BCUT2D eigenvalue weighted by molar-refractivity contribution is 0.228. The van der Waals surface area contributed by atoms with Crippen molar-refractivity contribution >= 4 is 10.9 Å². The van der Waals surface area contributed by atoms with Crippen LogP contribution >= 0.6 is 0 Å². The Balaban J connectivity index is 1.91. The Morgan fingerprint density at radius 3 is 2.70 bits per heavy atom. The molecule has 1 aromatic carbocycles. The molecule has 0 aliphatic heterocycles. The van der Waals surface area contributed by atoms with Gasteiger partial charge in [0.25, 0.3) is 0 Å². The molecule has 1 atom stereocenters. The van der Waals surface area contributed by atoms with Crippen LogP contribution in [0.5, 0.6) is 0 Å². The largest absolute Gasteiger partial charge is 0.316 e. The smallest absolute Gasteiger partial charge is 0.0718 e. The number of hydrogen-bond acceptors (Lipinski definition) is 2. The minimum absolute atomic E-state index is 0.424. The fourth-order valence-corrected chi connectivity index (χ4v) is 3.86. The number of nitrogens with zero attached hydrogens (tertiary/aromatic N) is 2. The maximum atomic E-state index is 4.76. The van der Waals surface area contributed by atoms with Gasteiger partial charge < -0.3 is 5.32 Å². The predicted molar refractivity (Wildman–Crippen MR) is 83.8 cm³/mol. The van der Waals surface area contributed by atoms with E-state index in [0.29, 0.717) is 11.5 Å². The summed E-state index contributed by atoms with van der Waals surface area (Å²) in [7, 11) is 4.14. The van der Waals surface area contributed by atoms with Gasteiger partial charge in [0.2, 0.25) is 0 Å². The molecule has 0 saturated heterocycles. The minimum atomic E-state index is 0.424. The van der Waals surface area contributed by atoms with E-state index in [1.807, 2.05) is 11.7 Å². The summed E-state index contributed by atoms with van der Waals surface area (Å²) in [5.41, 5.74) is 2.89. The number of rotatable bonds is 4. The molecule has 3 rings (SSSR count). The number of hydrogen-bond donors (Lipinski definition) is 1. The molecule has 3 heteroatoms. The molecule has 1 fully saturated rings. The van der Waals surface area contributed by atoms with Crippen LogP contribution in [-0.4, -0.2) is 22.9 Å². The normalized spacial score (nSPS) is 19.6. The Morgan fingerprint density at radius 1 is 1.30 bits per heavy atom. The molecule has 1 aliphatic rings. The van der Waals surface area contributed by atoms with E-state index in [2.05, 4.69) is 43.6 Å². The van der Waals surface area contributed by atoms with Gasteiger partial charge in [0, 0.05) is 24.9 Å². The van der Waals surface area contributed by atoms with E-state index in [-0.39, 0.29) is 0 Å². The van der Waals surface area contributed by atoms with Crippen molar-refractivity contribution < 1.29 is 0 Å². The van der Waals surface area contributed by atoms with Crippen molar-refractivity contribution in [2.24, 2.45) is 12.5 Å². The molecular weight excluding hydrogens is 246 g/mol. The van der Waals surface area contributed by atoms with E-state index in [9.17, 15) is 0 Å². The van der Waals surface area contributed by atoms with Gasteiger partial charge in [0.05, 0.1) is 11.2 Å². The molecule has 20 heavy (non-hydrogen) atoms. The summed E-state index contributed by atoms with van der Waals surface area (Å²) >= 11 is 0. The molecular formula is C17H25N3. The fraction of sp³-hybridized carbons (Fsp3) is 0.588. The van der Waals surface area contributed by atoms with Crippen LogP contribution in [0.25, 0.3) is 10.9 Å². The minimum Gasteiger partial charge on any atom is -0.316 e. The quantitative estimate of drug-likeness (QED) is 0.925. The van der Waals surface area contributed by atoms with Crippen molar-refractivity contribution in [3.63, 3.8) is 0 Å². The van der Waals surface area contributed by atoms with Crippen molar-refractivity contribution in [1.82, 2.24) is 15.1 Å². The van der Waals surface area contributed by atoms with Crippen LogP contribution < -0.4 is 5.32 Å². The van der Waals surface area contributed by atoms with Gasteiger partial charge in [0.15, 0.2) is 0 Å². The number of nitrogens with one attached hydrogen (secondary N) is 1. The number of benzene rings is 1. The van der Waals surface area contributed by atoms with Crippen molar-refractivity contribution in [3.8, 4) is 0 Å². The summed E-state index contributed by atoms with van der Waals surface area (Å²) in [6.07, 6.45) is 6.44. The summed E-state index contributed by atoms with van der Waals surface area (Å²) in [5.74, 6) is 0. The van der Waals surface area contributed by atoms with E-state index in [4.69, 9.17) is 5.10 Å². The van der Waals surface area contributed by atoms with Gasteiger partial charge in [-0.15, -0.1) is 0 Å². The van der Waals surface area contributed by atoms with E-state index in [0.717, 1.165) is 6.42 Å². The molecule has 0 radical (unpaired) electrons. The van der Waals surface area contributed by atoms with Gasteiger partial charge in [-0.2, -0.15) is 5.10 Å². The molecule has 0 bridgehead atoms. The van der Waals surface area contributed by atoms with Crippen LogP contribution in [0.15, 0.2) is 24.3 Å². The van der Waals surface area contributed by atoms with Gasteiger partial charge in [0.1, 0.15) is 0 Å². The Bertz CT molecular complexity index is 593. The Hall–Kier alpha value is -1.35. The molecule has 3 nitrogen and oxygen atoms in total. The Morgan fingerprint density at radius 2 is 2.00 bits per heavy atom. The first-order chi connectivity index (χ1) is 9.64. The zero-order chi connectivity index (χ0) is 14.2. The highest BCUT2D eigenvalue weighted by Crippen LogP contribution is 2.41. The molecule has 1 aromatic heterocycles. The molecule has 1 aliphatic carbocycles. The molecule has 1 N–H and O–H groups in total. The van der Waals surface area contributed by atoms with Gasteiger partial charge in [-0.3, -0.25) is 4.68 Å². The lowest BCUT2D eigenvalue weighted by Crippen LogP contribution is -2.42. The second-order valence-electron chi connectivity index (χ2n) is 6.49. The number of aromatic nitrogens is 2. The highest BCUT2D eigenvalue weighted by atomic mass is 15.3. The number of aryl methyl sites for hydroxylation is 1. The SMILES string of the molecule is CNC(Cc1nn(C)c2ccccc12)C1(C)CCCC1. The van der Waals surface area contributed by atoms with Crippen LogP contribution in [-0.2, 0) is 13.5 Å². The Kier molecular flexibility index (Phi) is 3.55. The molecule has 1 heterocycles. The second kappa shape index (κ2) is 5.21. The van der Waals surface area contributed by atoms with Crippen molar-refractivity contribution in [3.05, 3.63) is 30.0 Å². The van der Waals surface area contributed by atoms with E-state index in [1.54, 1.807) is 0 Å². The van der Waals surface area contributed by atoms with Gasteiger partial charge in [-0.25, -0.2) is 0 Å². The molecule has 0 spiro atoms. The average Bonchev–Trinajstić information content (AvgIpc) is 3.02. The third kappa shape index (κ3) is 2.24. The summed E-state index contributed by atoms with van der Waals surface area (Å²) in [6, 6.07) is 9.06. The molecule has 1 unspecified atom stereocenters. The third-order valence-electron chi connectivity index (χ3n) is 5.17. The standard InChI is InChI=1S/C17H25N3/c1-17(10-6-7-11-17)16(18-2)12-14-13-8-4-5-9-15(13)20(3)19-14/h4-5,8-9,16,18H,6-7,10-12H2,1-3H3. The summed E-state index contributed by atoms with van der Waals surface area (Å²) < 4.78 is 2.01. The molecule has 108 valence electrons. The van der Waals surface area contributed by atoms with Crippen LogP contribution in [0, 0.1) is 5.41 Å². The lowest BCUT2D eigenvalue weighted by Gasteiger charge is -2.33. The van der Waals surface area contributed by atoms with Gasteiger partial charge >= 0.3 is 0 Å². The molecule has 2 aromatic rings. The van der Waals surface area contributed by atoms with Crippen molar-refractivity contribution in [2.75, 3.05) is 7.05 Å². The van der Waals surface area contributed by atoms with E-state index >= 15 is 0 Å². The van der Waals surface area contributed by atoms with Gasteiger partial charge in [-0.1, -0.05) is 38.0 Å². The van der Waals surface area contributed by atoms with Crippen LogP contribution in [0.1, 0.15) is 38.3 Å². The third-order valence-corrected chi connectivity index (χ3v) is 5.17. The first-order valence-corrected chi connectivity index (χ1v) is 7.72. The molecule has 1 saturated carbocycles. The van der Waals surface area contributed by atoms with E-state index < -0.39 is 0 Å². The van der Waals surface area contributed by atoms with Crippen LogP contribution in [0.3, 0.4) is 0 Å². The fourth-order valence-electron chi connectivity index (χ4n) is 3.86. The van der Waals surface area contributed by atoms with Crippen LogP contribution in [0.4, 0.5) is 0 Å².